The first-order valence-electron chi connectivity index (χ1n) is 6.98. The van der Waals surface area contributed by atoms with Gasteiger partial charge in [0.25, 0.3) is 0 Å². The zero-order valence-electron chi connectivity index (χ0n) is 11.9. The quantitative estimate of drug-likeness (QED) is 0.429. The van der Waals surface area contributed by atoms with Gasteiger partial charge in [-0.2, -0.15) is 0 Å². The first-order valence-corrected chi connectivity index (χ1v) is 6.98. The highest BCUT2D eigenvalue weighted by Gasteiger charge is 2.15. The van der Waals surface area contributed by atoms with Gasteiger partial charge in [-0.25, -0.2) is 0 Å². The van der Waals surface area contributed by atoms with E-state index in [1.807, 2.05) is 6.92 Å². The number of rotatable bonds is 11. The van der Waals surface area contributed by atoms with Crippen LogP contribution in [0.2, 0.25) is 0 Å². The molecule has 19 heavy (non-hydrogen) atoms. The molecule has 0 aromatic rings. The standard InChI is InChI=1S/C14H27NO4/c1-12(2)9-17-7-5-15-8-13(16)10-18-11-14-4-3-6-19-14/h13-16H,1,3-11H2,2H3. The molecule has 1 heterocycles. The van der Waals surface area contributed by atoms with E-state index in [0.29, 0.717) is 33.0 Å². The highest BCUT2D eigenvalue weighted by Crippen LogP contribution is 2.11. The maximum atomic E-state index is 9.68. The monoisotopic (exact) mass is 273 g/mol. The topological polar surface area (TPSA) is 60.0 Å². The Morgan fingerprint density at radius 3 is 3.05 bits per heavy atom. The van der Waals surface area contributed by atoms with Gasteiger partial charge < -0.3 is 24.6 Å². The Bertz CT molecular complexity index is 242. The third-order valence-electron chi connectivity index (χ3n) is 2.79. The van der Waals surface area contributed by atoms with Crippen molar-refractivity contribution in [2.75, 3.05) is 46.1 Å². The van der Waals surface area contributed by atoms with Crippen molar-refractivity contribution in [1.29, 1.82) is 0 Å². The second-order valence-corrected chi connectivity index (χ2v) is 5.04. The molecule has 0 saturated carbocycles. The largest absolute Gasteiger partial charge is 0.389 e. The van der Waals surface area contributed by atoms with E-state index in [4.69, 9.17) is 14.2 Å². The van der Waals surface area contributed by atoms with Gasteiger partial charge in [-0.05, 0) is 19.8 Å². The lowest BCUT2D eigenvalue weighted by Gasteiger charge is -2.14. The molecule has 2 atom stereocenters. The Kier molecular flexibility index (Phi) is 9.03. The van der Waals surface area contributed by atoms with E-state index in [0.717, 1.165) is 31.6 Å². The molecule has 112 valence electrons. The molecule has 0 radical (unpaired) electrons. The van der Waals surface area contributed by atoms with E-state index in [9.17, 15) is 5.11 Å². The summed E-state index contributed by atoms with van der Waals surface area (Å²) in [5.41, 5.74) is 1.02. The van der Waals surface area contributed by atoms with Crippen molar-refractivity contribution < 1.29 is 19.3 Å². The van der Waals surface area contributed by atoms with E-state index >= 15 is 0 Å². The minimum absolute atomic E-state index is 0.218. The summed E-state index contributed by atoms with van der Waals surface area (Å²) in [4.78, 5) is 0. The lowest BCUT2D eigenvalue weighted by molar-refractivity contribution is -0.0166. The zero-order valence-corrected chi connectivity index (χ0v) is 11.9. The molecule has 0 aliphatic carbocycles. The molecule has 2 unspecified atom stereocenters. The SMILES string of the molecule is C=C(C)COCCNCC(O)COCC1CCCO1. The summed E-state index contributed by atoms with van der Waals surface area (Å²) in [6.45, 7) is 9.90. The van der Waals surface area contributed by atoms with Crippen LogP contribution in [0.1, 0.15) is 19.8 Å². The first kappa shape index (κ1) is 16.6. The van der Waals surface area contributed by atoms with Gasteiger partial charge in [-0.3, -0.25) is 0 Å². The van der Waals surface area contributed by atoms with Crippen LogP contribution in [0, 0.1) is 0 Å². The van der Waals surface area contributed by atoms with Crippen molar-refractivity contribution in [1.82, 2.24) is 5.32 Å². The van der Waals surface area contributed by atoms with Crippen LogP contribution < -0.4 is 5.32 Å². The van der Waals surface area contributed by atoms with E-state index < -0.39 is 6.10 Å². The molecule has 2 N–H and O–H groups in total. The van der Waals surface area contributed by atoms with Gasteiger partial charge in [0, 0.05) is 19.7 Å². The Labute approximate surface area is 115 Å². The molecule has 0 bridgehead atoms. The lowest BCUT2D eigenvalue weighted by Crippen LogP contribution is -2.33. The van der Waals surface area contributed by atoms with E-state index in [2.05, 4.69) is 11.9 Å². The summed E-state index contributed by atoms with van der Waals surface area (Å²) < 4.78 is 16.2. The number of ether oxygens (including phenoxy) is 3. The first-order chi connectivity index (χ1) is 9.18. The van der Waals surface area contributed by atoms with Crippen molar-refractivity contribution in [3.63, 3.8) is 0 Å². The van der Waals surface area contributed by atoms with E-state index in [1.54, 1.807) is 0 Å². The van der Waals surface area contributed by atoms with Gasteiger partial charge in [-0.15, -0.1) is 0 Å². The number of hydrogen-bond acceptors (Lipinski definition) is 5. The van der Waals surface area contributed by atoms with Gasteiger partial charge in [0.1, 0.15) is 0 Å². The fourth-order valence-electron chi connectivity index (χ4n) is 1.83. The van der Waals surface area contributed by atoms with E-state index in [1.165, 1.54) is 0 Å². The average Bonchev–Trinajstić information content (AvgIpc) is 2.86. The fourth-order valence-corrected chi connectivity index (χ4v) is 1.83. The normalized spacial score (nSPS) is 20.6. The molecule has 0 aromatic carbocycles. The summed E-state index contributed by atoms with van der Waals surface area (Å²) in [5.74, 6) is 0. The van der Waals surface area contributed by atoms with Gasteiger partial charge in [0.05, 0.1) is 38.6 Å². The van der Waals surface area contributed by atoms with Crippen molar-refractivity contribution in [3.05, 3.63) is 12.2 Å². The predicted molar refractivity (Wildman–Crippen MR) is 74.3 cm³/mol. The lowest BCUT2D eigenvalue weighted by atomic mass is 10.2. The number of aliphatic hydroxyl groups is 1. The Morgan fingerprint density at radius 2 is 2.37 bits per heavy atom. The van der Waals surface area contributed by atoms with Crippen LogP contribution in [0.3, 0.4) is 0 Å². The molecule has 1 aliphatic heterocycles. The second-order valence-electron chi connectivity index (χ2n) is 5.04. The molecule has 0 spiro atoms. The number of nitrogens with one attached hydrogen (secondary N) is 1. The van der Waals surface area contributed by atoms with Crippen LogP contribution in [0.25, 0.3) is 0 Å². The highest BCUT2D eigenvalue weighted by molar-refractivity contribution is 4.87. The van der Waals surface area contributed by atoms with Crippen LogP contribution in [0.4, 0.5) is 0 Å². The van der Waals surface area contributed by atoms with Crippen molar-refractivity contribution in [2.24, 2.45) is 0 Å². The molecule has 1 fully saturated rings. The number of aliphatic hydroxyl groups excluding tert-OH is 1. The van der Waals surface area contributed by atoms with Crippen LogP contribution in [-0.4, -0.2) is 63.4 Å². The summed E-state index contributed by atoms with van der Waals surface area (Å²) in [6, 6.07) is 0. The molecular formula is C14H27NO4. The summed E-state index contributed by atoms with van der Waals surface area (Å²) >= 11 is 0. The maximum Gasteiger partial charge on any atom is 0.0897 e. The average molecular weight is 273 g/mol. The molecule has 0 aromatic heterocycles. The Hall–Kier alpha value is -0.460. The Morgan fingerprint density at radius 1 is 1.53 bits per heavy atom. The van der Waals surface area contributed by atoms with Crippen LogP contribution in [0.15, 0.2) is 12.2 Å². The van der Waals surface area contributed by atoms with E-state index in [-0.39, 0.29) is 6.10 Å². The van der Waals surface area contributed by atoms with Crippen LogP contribution in [0.5, 0.6) is 0 Å². The molecule has 5 nitrogen and oxygen atoms in total. The molecule has 1 aliphatic rings. The molecular weight excluding hydrogens is 246 g/mol. The van der Waals surface area contributed by atoms with Gasteiger partial charge in [-0.1, -0.05) is 12.2 Å². The fraction of sp³-hybridized carbons (Fsp3) is 0.857. The zero-order chi connectivity index (χ0) is 13.9. The van der Waals surface area contributed by atoms with Crippen molar-refractivity contribution in [2.45, 2.75) is 32.0 Å². The number of hydrogen-bond donors (Lipinski definition) is 2. The molecule has 0 amide bonds. The molecule has 5 heteroatoms. The summed E-state index contributed by atoms with van der Waals surface area (Å²) in [5, 5.41) is 12.8. The summed E-state index contributed by atoms with van der Waals surface area (Å²) in [7, 11) is 0. The van der Waals surface area contributed by atoms with Crippen molar-refractivity contribution >= 4 is 0 Å². The molecule has 1 rings (SSSR count). The van der Waals surface area contributed by atoms with Gasteiger partial charge >= 0.3 is 0 Å². The minimum Gasteiger partial charge on any atom is -0.389 e. The minimum atomic E-state index is -0.484. The predicted octanol–water partition coefficient (Wildman–Crippen LogP) is 0.725. The summed E-state index contributed by atoms with van der Waals surface area (Å²) in [6.07, 6.45) is 1.91. The van der Waals surface area contributed by atoms with Gasteiger partial charge in [0.15, 0.2) is 0 Å². The van der Waals surface area contributed by atoms with Crippen molar-refractivity contribution in [3.8, 4) is 0 Å². The third-order valence-corrected chi connectivity index (χ3v) is 2.79. The molecule has 1 saturated heterocycles. The maximum absolute atomic E-state index is 9.68. The van der Waals surface area contributed by atoms with Crippen LogP contribution >= 0.6 is 0 Å². The Balaban J connectivity index is 1.84. The van der Waals surface area contributed by atoms with Gasteiger partial charge in [0.2, 0.25) is 0 Å². The highest BCUT2D eigenvalue weighted by atomic mass is 16.5. The third kappa shape index (κ3) is 9.13. The smallest absolute Gasteiger partial charge is 0.0897 e. The van der Waals surface area contributed by atoms with Crippen LogP contribution in [-0.2, 0) is 14.2 Å². The second kappa shape index (κ2) is 10.3.